The van der Waals surface area contributed by atoms with Crippen molar-refractivity contribution in [1.82, 2.24) is 14.2 Å². The van der Waals surface area contributed by atoms with E-state index in [1.54, 1.807) is 11.3 Å². The molecular weight excluding hydrogens is 284 g/mol. The summed E-state index contributed by atoms with van der Waals surface area (Å²) in [5.74, 6) is 0.456. The van der Waals surface area contributed by atoms with Crippen LogP contribution in [0.5, 0.6) is 0 Å². The van der Waals surface area contributed by atoms with Crippen molar-refractivity contribution in [2.75, 3.05) is 26.2 Å². The summed E-state index contributed by atoms with van der Waals surface area (Å²) < 4.78 is 23.7. The van der Waals surface area contributed by atoms with E-state index in [4.69, 9.17) is 5.14 Å². The van der Waals surface area contributed by atoms with Crippen LogP contribution in [0.3, 0.4) is 0 Å². The predicted octanol–water partition coefficient (Wildman–Crippen LogP) is 0.588. The molecule has 1 aromatic heterocycles. The topological polar surface area (TPSA) is 79.5 Å². The largest absolute Gasteiger partial charge is 0.295 e. The lowest BCUT2D eigenvalue weighted by molar-refractivity contribution is 0.180. The zero-order valence-corrected chi connectivity index (χ0v) is 12.9. The van der Waals surface area contributed by atoms with Gasteiger partial charge in [-0.3, -0.25) is 4.90 Å². The second kappa shape index (κ2) is 5.84. The standard InChI is InChI=1S/C11H20N4O2S2/c1-9(2)11-13-10(8-18-11)7-14-3-5-15(6-4-14)19(12,16)17/h8-9H,3-7H2,1-2H3,(H2,12,16,17). The molecule has 0 saturated carbocycles. The normalized spacial score (nSPS) is 19.2. The van der Waals surface area contributed by atoms with Gasteiger partial charge < -0.3 is 0 Å². The molecule has 6 nitrogen and oxygen atoms in total. The molecule has 8 heteroatoms. The van der Waals surface area contributed by atoms with Gasteiger partial charge in [0, 0.05) is 44.0 Å². The summed E-state index contributed by atoms with van der Waals surface area (Å²) in [6, 6.07) is 0. The Morgan fingerprint density at radius 1 is 1.37 bits per heavy atom. The third-order valence-corrected chi connectivity index (χ3v) is 5.42. The van der Waals surface area contributed by atoms with Gasteiger partial charge in [0.15, 0.2) is 0 Å². The average molecular weight is 304 g/mol. The first kappa shape index (κ1) is 14.9. The Hall–Kier alpha value is -0.540. The predicted molar refractivity (Wildman–Crippen MR) is 76.2 cm³/mol. The number of nitrogens with two attached hydrogens (primary N) is 1. The third kappa shape index (κ3) is 3.96. The Balaban J connectivity index is 1.88. The van der Waals surface area contributed by atoms with E-state index in [1.165, 1.54) is 4.31 Å². The lowest BCUT2D eigenvalue weighted by atomic mass is 10.2. The lowest BCUT2D eigenvalue weighted by Gasteiger charge is -2.32. The van der Waals surface area contributed by atoms with Crippen LogP contribution in [0.15, 0.2) is 5.38 Å². The fourth-order valence-corrected chi connectivity index (χ4v) is 3.53. The minimum atomic E-state index is -3.54. The first-order chi connectivity index (χ1) is 8.86. The Bertz CT molecular complexity index is 519. The van der Waals surface area contributed by atoms with Crippen molar-refractivity contribution in [2.24, 2.45) is 5.14 Å². The van der Waals surface area contributed by atoms with E-state index in [2.05, 4.69) is 29.1 Å². The maximum absolute atomic E-state index is 11.2. The number of nitrogens with zero attached hydrogens (tertiary/aromatic N) is 3. The molecule has 0 amide bonds. The second-order valence-electron chi connectivity index (χ2n) is 5.05. The molecular formula is C11H20N4O2S2. The van der Waals surface area contributed by atoms with E-state index >= 15 is 0 Å². The highest BCUT2D eigenvalue weighted by molar-refractivity contribution is 7.86. The van der Waals surface area contributed by atoms with Gasteiger partial charge in [-0.1, -0.05) is 13.8 Å². The quantitative estimate of drug-likeness (QED) is 0.883. The Morgan fingerprint density at radius 3 is 2.47 bits per heavy atom. The van der Waals surface area contributed by atoms with Crippen LogP contribution in [0, 0.1) is 0 Å². The second-order valence-corrected chi connectivity index (χ2v) is 7.49. The minimum Gasteiger partial charge on any atom is -0.295 e. The van der Waals surface area contributed by atoms with Crippen LogP contribution in [0.2, 0.25) is 0 Å². The van der Waals surface area contributed by atoms with E-state index < -0.39 is 10.2 Å². The fraction of sp³-hybridized carbons (Fsp3) is 0.727. The maximum Gasteiger partial charge on any atom is 0.276 e. The lowest BCUT2D eigenvalue weighted by Crippen LogP contribution is -2.50. The number of thiazole rings is 1. The van der Waals surface area contributed by atoms with Gasteiger partial charge >= 0.3 is 0 Å². The molecule has 0 bridgehead atoms. The van der Waals surface area contributed by atoms with Gasteiger partial charge in [0.05, 0.1) is 10.7 Å². The molecule has 19 heavy (non-hydrogen) atoms. The molecule has 1 aliphatic rings. The first-order valence-electron chi connectivity index (χ1n) is 6.31. The molecule has 0 unspecified atom stereocenters. The summed E-state index contributed by atoms with van der Waals surface area (Å²) in [5.41, 5.74) is 1.07. The molecule has 108 valence electrons. The molecule has 0 radical (unpaired) electrons. The number of piperazine rings is 1. The van der Waals surface area contributed by atoms with Crippen molar-refractivity contribution < 1.29 is 8.42 Å². The van der Waals surface area contributed by atoms with Crippen LogP contribution < -0.4 is 5.14 Å². The highest BCUT2D eigenvalue weighted by atomic mass is 32.2. The Morgan fingerprint density at radius 2 is 2.00 bits per heavy atom. The third-order valence-electron chi connectivity index (χ3n) is 3.14. The number of rotatable bonds is 4. The van der Waals surface area contributed by atoms with Crippen molar-refractivity contribution in [3.63, 3.8) is 0 Å². The maximum atomic E-state index is 11.2. The van der Waals surface area contributed by atoms with Gasteiger partial charge in [-0.2, -0.15) is 12.7 Å². The van der Waals surface area contributed by atoms with Gasteiger partial charge in [-0.05, 0) is 0 Å². The highest BCUT2D eigenvalue weighted by Gasteiger charge is 2.24. The SMILES string of the molecule is CC(C)c1nc(CN2CCN(S(N)(=O)=O)CC2)cs1. The van der Waals surface area contributed by atoms with Crippen LogP contribution in [0.4, 0.5) is 0 Å². The van der Waals surface area contributed by atoms with Crippen LogP contribution in [-0.4, -0.2) is 48.8 Å². The number of hydrogen-bond donors (Lipinski definition) is 1. The van der Waals surface area contributed by atoms with Crippen LogP contribution in [0.1, 0.15) is 30.5 Å². The summed E-state index contributed by atoms with van der Waals surface area (Å²) in [5, 5.41) is 8.35. The zero-order valence-electron chi connectivity index (χ0n) is 11.2. The van der Waals surface area contributed by atoms with Crippen LogP contribution in [-0.2, 0) is 16.8 Å². The Kier molecular flexibility index (Phi) is 4.57. The van der Waals surface area contributed by atoms with E-state index in [9.17, 15) is 8.42 Å². The Labute approximate surface area is 118 Å². The van der Waals surface area contributed by atoms with Gasteiger partial charge in [-0.15, -0.1) is 11.3 Å². The van der Waals surface area contributed by atoms with Gasteiger partial charge in [0.1, 0.15) is 0 Å². The molecule has 1 aromatic rings. The van der Waals surface area contributed by atoms with E-state index in [-0.39, 0.29) is 0 Å². The van der Waals surface area contributed by atoms with Crippen molar-refractivity contribution in [3.8, 4) is 0 Å². The number of hydrogen-bond acceptors (Lipinski definition) is 5. The molecule has 2 heterocycles. The van der Waals surface area contributed by atoms with Gasteiger partial charge in [0.25, 0.3) is 10.2 Å². The summed E-state index contributed by atoms with van der Waals surface area (Å²) in [6.07, 6.45) is 0. The molecule has 2 N–H and O–H groups in total. The molecule has 1 aliphatic heterocycles. The average Bonchev–Trinajstić information content (AvgIpc) is 2.77. The minimum absolute atomic E-state index is 0.456. The van der Waals surface area contributed by atoms with Crippen molar-refractivity contribution in [1.29, 1.82) is 0 Å². The molecule has 0 atom stereocenters. The monoisotopic (exact) mass is 304 g/mol. The summed E-state index contributed by atoms with van der Waals surface area (Å²) in [4.78, 5) is 6.80. The zero-order chi connectivity index (χ0) is 14.0. The van der Waals surface area contributed by atoms with Crippen LogP contribution in [0.25, 0.3) is 0 Å². The molecule has 1 saturated heterocycles. The van der Waals surface area contributed by atoms with E-state index in [0.717, 1.165) is 17.2 Å². The smallest absolute Gasteiger partial charge is 0.276 e. The summed E-state index contributed by atoms with van der Waals surface area (Å²) in [6.45, 7) is 7.36. The van der Waals surface area contributed by atoms with E-state index in [0.29, 0.717) is 32.1 Å². The molecule has 0 aromatic carbocycles. The van der Waals surface area contributed by atoms with Crippen molar-refractivity contribution in [3.05, 3.63) is 16.1 Å². The number of aromatic nitrogens is 1. The molecule has 2 rings (SSSR count). The van der Waals surface area contributed by atoms with E-state index in [1.807, 2.05) is 0 Å². The molecule has 0 aliphatic carbocycles. The van der Waals surface area contributed by atoms with Gasteiger partial charge in [0.2, 0.25) is 0 Å². The first-order valence-corrected chi connectivity index (χ1v) is 8.69. The van der Waals surface area contributed by atoms with Crippen molar-refractivity contribution in [2.45, 2.75) is 26.3 Å². The molecule has 0 spiro atoms. The van der Waals surface area contributed by atoms with Gasteiger partial charge in [-0.25, -0.2) is 10.1 Å². The van der Waals surface area contributed by atoms with Crippen molar-refractivity contribution >= 4 is 21.5 Å². The fourth-order valence-electron chi connectivity index (χ4n) is 2.03. The highest BCUT2D eigenvalue weighted by Crippen LogP contribution is 2.20. The molecule has 1 fully saturated rings. The van der Waals surface area contributed by atoms with Crippen LogP contribution >= 0.6 is 11.3 Å². The summed E-state index contributed by atoms with van der Waals surface area (Å²) >= 11 is 1.69. The summed E-state index contributed by atoms with van der Waals surface area (Å²) in [7, 11) is -3.54.